The van der Waals surface area contributed by atoms with Gasteiger partial charge in [0.05, 0.1) is 18.0 Å². The van der Waals surface area contributed by atoms with Gasteiger partial charge in [-0.25, -0.2) is 9.67 Å². The van der Waals surface area contributed by atoms with Crippen molar-refractivity contribution in [1.82, 2.24) is 20.1 Å². The number of ether oxygens (including phenoxy) is 1. The van der Waals surface area contributed by atoms with Crippen molar-refractivity contribution in [2.45, 2.75) is 69.1 Å². The van der Waals surface area contributed by atoms with Gasteiger partial charge in [0, 0.05) is 17.5 Å². The fourth-order valence-electron chi connectivity index (χ4n) is 7.40. The number of aromatic nitrogens is 4. The Kier molecular flexibility index (Phi) is 3.34. The third-order valence-corrected chi connectivity index (χ3v) is 8.31. The number of hydrogen-bond donors (Lipinski definition) is 1. The average molecular weight is 407 g/mol. The van der Waals surface area contributed by atoms with Gasteiger partial charge in [0.25, 0.3) is 5.91 Å². The maximum atomic E-state index is 13.6. The molecule has 1 saturated heterocycles. The van der Waals surface area contributed by atoms with Crippen LogP contribution in [0.5, 0.6) is 0 Å². The quantitative estimate of drug-likeness (QED) is 0.620. The smallest absolute Gasteiger partial charge is 0.272 e. The second-order valence-corrected chi connectivity index (χ2v) is 10.1. The summed E-state index contributed by atoms with van der Waals surface area (Å²) in [6.45, 7) is 0. The molecule has 2 aliphatic heterocycles. The average Bonchev–Trinajstić information content (AvgIpc) is 3.41. The molecule has 4 unspecified atom stereocenters. The Morgan fingerprint density at radius 2 is 2.10 bits per heavy atom. The van der Waals surface area contributed by atoms with E-state index in [4.69, 9.17) is 9.84 Å². The zero-order valence-corrected chi connectivity index (χ0v) is 16.8. The summed E-state index contributed by atoms with van der Waals surface area (Å²) in [6, 6.07) is 0. The number of carbonyl (C=O) groups is 1. The van der Waals surface area contributed by atoms with Gasteiger partial charge in [-0.3, -0.25) is 4.79 Å². The molecule has 30 heavy (non-hydrogen) atoms. The normalized spacial score (nSPS) is 37.5. The van der Waals surface area contributed by atoms with Crippen LogP contribution in [-0.2, 0) is 11.2 Å². The standard InChI is InChI=1S/C22H25N5O3/c28-21(24-22-9-12-5-13(10-22)7-14(22)6-12)19-16-8-15-1-2-17(30-15)20(16)27(25-19)18-11-26(29)4-3-23-18/h3-4,11-15,17H,1-2,5-10H2,(H,24,28)/t12-,13+,14?,15?,17?,22?. The fraction of sp³-hybridized carbons (Fsp3) is 0.636. The predicted molar refractivity (Wildman–Crippen MR) is 105 cm³/mol. The van der Waals surface area contributed by atoms with Crippen molar-refractivity contribution in [3.05, 3.63) is 40.7 Å². The van der Waals surface area contributed by atoms with E-state index in [2.05, 4.69) is 10.3 Å². The van der Waals surface area contributed by atoms with E-state index in [1.165, 1.54) is 37.9 Å². The summed E-state index contributed by atoms with van der Waals surface area (Å²) in [7, 11) is 0. The molecule has 4 aliphatic carbocycles. The van der Waals surface area contributed by atoms with Crippen molar-refractivity contribution in [2.24, 2.45) is 17.8 Å². The Morgan fingerprint density at radius 3 is 2.90 bits per heavy atom. The molecule has 2 aromatic rings. The number of nitrogens with one attached hydrogen (secondary N) is 1. The Bertz CT molecular complexity index is 1050. The van der Waals surface area contributed by atoms with E-state index in [9.17, 15) is 10.0 Å². The van der Waals surface area contributed by atoms with Crippen LogP contribution in [0, 0.1) is 23.0 Å². The van der Waals surface area contributed by atoms with Crippen LogP contribution in [0.1, 0.15) is 72.8 Å². The van der Waals surface area contributed by atoms with Crippen LogP contribution in [0.15, 0.2) is 18.6 Å². The summed E-state index contributed by atoms with van der Waals surface area (Å²) in [5.41, 5.74) is 2.33. The molecule has 6 aliphatic rings. The first-order chi connectivity index (χ1) is 14.6. The molecular weight excluding hydrogens is 382 g/mol. The van der Waals surface area contributed by atoms with Crippen LogP contribution in [0.4, 0.5) is 0 Å². The minimum atomic E-state index is -0.0913. The third-order valence-electron chi connectivity index (χ3n) is 8.31. The van der Waals surface area contributed by atoms with Crippen LogP contribution in [0.25, 0.3) is 5.82 Å². The minimum Gasteiger partial charge on any atom is -0.619 e. The van der Waals surface area contributed by atoms with E-state index < -0.39 is 0 Å². The van der Waals surface area contributed by atoms with E-state index in [0.717, 1.165) is 48.8 Å². The van der Waals surface area contributed by atoms with Gasteiger partial charge in [-0.2, -0.15) is 9.83 Å². The molecule has 8 heteroatoms. The highest BCUT2D eigenvalue weighted by molar-refractivity contribution is 5.95. The van der Waals surface area contributed by atoms with E-state index in [0.29, 0.717) is 28.6 Å². The van der Waals surface area contributed by atoms with Crippen LogP contribution in [-0.4, -0.2) is 32.3 Å². The first-order valence-corrected chi connectivity index (χ1v) is 11.2. The van der Waals surface area contributed by atoms with Crippen molar-refractivity contribution in [3.8, 4) is 5.82 Å². The monoisotopic (exact) mass is 407 g/mol. The van der Waals surface area contributed by atoms with Gasteiger partial charge in [0.15, 0.2) is 11.9 Å². The third kappa shape index (κ3) is 2.31. The van der Waals surface area contributed by atoms with Gasteiger partial charge in [0.1, 0.15) is 6.10 Å². The Labute approximate surface area is 174 Å². The molecule has 8 rings (SSSR count). The van der Waals surface area contributed by atoms with Crippen LogP contribution < -0.4 is 10.0 Å². The van der Waals surface area contributed by atoms with E-state index in [1.807, 2.05) is 0 Å². The number of fused-ring (bicyclic) bond motifs is 4. The molecule has 156 valence electrons. The molecule has 5 fully saturated rings. The molecule has 6 atom stereocenters. The molecule has 0 aromatic carbocycles. The first kappa shape index (κ1) is 17.2. The molecule has 4 saturated carbocycles. The minimum absolute atomic E-state index is 0.0332. The highest BCUT2D eigenvalue weighted by atomic mass is 16.5. The first-order valence-electron chi connectivity index (χ1n) is 11.2. The number of carbonyl (C=O) groups excluding carboxylic acids is 1. The maximum Gasteiger partial charge on any atom is 0.272 e. The topological polar surface area (TPSA) is 96.0 Å². The molecule has 1 amide bonds. The lowest BCUT2D eigenvalue weighted by molar-refractivity contribution is -0.605. The largest absolute Gasteiger partial charge is 0.619 e. The van der Waals surface area contributed by atoms with Gasteiger partial charge < -0.3 is 15.3 Å². The second-order valence-electron chi connectivity index (χ2n) is 10.1. The molecule has 4 heterocycles. The van der Waals surface area contributed by atoms with Gasteiger partial charge in [-0.1, -0.05) is 0 Å². The van der Waals surface area contributed by atoms with Crippen molar-refractivity contribution < 1.29 is 14.3 Å². The molecular formula is C22H25N5O3. The summed E-state index contributed by atoms with van der Waals surface area (Å²) in [4.78, 5) is 17.9. The van der Waals surface area contributed by atoms with Crippen LogP contribution in [0.3, 0.4) is 0 Å². The second kappa shape index (κ2) is 5.81. The fourth-order valence-corrected chi connectivity index (χ4v) is 7.40. The number of rotatable bonds is 3. The van der Waals surface area contributed by atoms with Crippen LogP contribution >= 0.6 is 0 Å². The Balaban J connectivity index is 1.30. The van der Waals surface area contributed by atoms with Gasteiger partial charge in [-0.15, -0.1) is 0 Å². The number of amides is 1. The zero-order chi connectivity index (χ0) is 20.0. The predicted octanol–water partition coefficient (Wildman–Crippen LogP) is 1.99. The van der Waals surface area contributed by atoms with Crippen molar-refractivity contribution in [2.75, 3.05) is 0 Å². The lowest BCUT2D eigenvalue weighted by atomic mass is 9.80. The summed E-state index contributed by atoms with van der Waals surface area (Å²) in [5, 5.41) is 20.0. The van der Waals surface area contributed by atoms with Gasteiger partial charge in [0.2, 0.25) is 12.0 Å². The number of nitrogens with zero attached hydrogens (tertiary/aromatic N) is 4. The van der Waals surface area contributed by atoms with Crippen LogP contribution in [0.2, 0.25) is 0 Å². The lowest BCUT2D eigenvalue weighted by Gasteiger charge is -2.33. The molecule has 0 spiro atoms. The Morgan fingerprint density at radius 1 is 1.27 bits per heavy atom. The highest BCUT2D eigenvalue weighted by Gasteiger charge is 2.58. The molecule has 1 N–H and O–H groups in total. The lowest BCUT2D eigenvalue weighted by Crippen LogP contribution is -2.49. The van der Waals surface area contributed by atoms with E-state index in [1.54, 1.807) is 4.68 Å². The SMILES string of the molecule is O=C(NC12C[C@@H]3CC1C[C@@H](C3)C2)c1nn(-c2c[n+]([O-])ccn2)c2c1CC1CCC2O1. The summed E-state index contributed by atoms with van der Waals surface area (Å²) >= 11 is 0. The molecule has 2 aromatic heterocycles. The van der Waals surface area contributed by atoms with Crippen molar-refractivity contribution >= 4 is 5.91 Å². The number of hydrogen-bond acceptors (Lipinski definition) is 5. The molecule has 6 bridgehead atoms. The van der Waals surface area contributed by atoms with E-state index in [-0.39, 0.29) is 23.7 Å². The van der Waals surface area contributed by atoms with Gasteiger partial charge in [-0.05, 0) is 62.7 Å². The summed E-state index contributed by atoms with van der Waals surface area (Å²) < 4.78 is 8.51. The molecule has 0 radical (unpaired) electrons. The summed E-state index contributed by atoms with van der Waals surface area (Å²) in [5.74, 6) is 2.54. The van der Waals surface area contributed by atoms with Gasteiger partial charge >= 0.3 is 0 Å². The maximum absolute atomic E-state index is 13.6. The molecule has 8 nitrogen and oxygen atoms in total. The van der Waals surface area contributed by atoms with Crippen molar-refractivity contribution in [3.63, 3.8) is 0 Å². The zero-order valence-electron chi connectivity index (χ0n) is 16.8. The van der Waals surface area contributed by atoms with E-state index >= 15 is 0 Å². The van der Waals surface area contributed by atoms with Crippen molar-refractivity contribution in [1.29, 1.82) is 0 Å². The highest BCUT2D eigenvalue weighted by Crippen LogP contribution is 2.60. The summed E-state index contributed by atoms with van der Waals surface area (Å²) in [6.07, 6.45) is 13.0. The Hall–Kier alpha value is -2.48.